The molecule has 0 spiro atoms. The molecule has 1 N–H and O–H groups in total. The molecule has 0 amide bonds. The molecule has 0 aliphatic rings. The van der Waals surface area contributed by atoms with Crippen molar-refractivity contribution in [1.29, 1.82) is 0 Å². The van der Waals surface area contributed by atoms with Gasteiger partial charge in [-0.25, -0.2) is 0 Å². The number of rotatable bonds is 8. The van der Waals surface area contributed by atoms with E-state index in [2.05, 4.69) is 25.4 Å². The highest BCUT2D eigenvalue weighted by Crippen LogP contribution is 2.35. The lowest BCUT2D eigenvalue weighted by Gasteiger charge is -2.28. The largest absolute Gasteiger partial charge is 0.598 e. The van der Waals surface area contributed by atoms with Gasteiger partial charge in [-0.15, -0.1) is 4.72 Å². The third-order valence-electron chi connectivity index (χ3n) is 4.39. The summed E-state index contributed by atoms with van der Waals surface area (Å²) in [6.07, 6.45) is -0.320. The van der Waals surface area contributed by atoms with E-state index in [1.54, 1.807) is 7.11 Å². The van der Waals surface area contributed by atoms with Crippen LogP contribution in [0.2, 0.25) is 0 Å². The number of esters is 1. The molecule has 0 heterocycles. The predicted octanol–water partition coefficient (Wildman–Crippen LogP) is 4.23. The smallest absolute Gasteiger partial charge is 0.313 e. The lowest BCUT2D eigenvalue weighted by molar-refractivity contribution is -0.143. The molecule has 2 aromatic rings. The van der Waals surface area contributed by atoms with Crippen molar-refractivity contribution in [2.75, 3.05) is 14.2 Å². The third-order valence-corrected chi connectivity index (χ3v) is 6.69. The fourth-order valence-electron chi connectivity index (χ4n) is 2.80. The van der Waals surface area contributed by atoms with Crippen LogP contribution in [0.25, 0.3) is 10.8 Å². The van der Waals surface area contributed by atoms with Crippen molar-refractivity contribution < 1.29 is 23.6 Å². The number of hydrogen-bond acceptors (Lipinski definition) is 6. The molecule has 2 aromatic carbocycles. The summed E-state index contributed by atoms with van der Waals surface area (Å²) in [4.78, 5) is 24.0. The maximum atomic E-state index is 12.8. The summed E-state index contributed by atoms with van der Waals surface area (Å²) in [6.45, 7) is 5.56. The summed E-state index contributed by atoms with van der Waals surface area (Å²) in [6, 6.07) is 8.90. The zero-order chi connectivity index (χ0) is 21.8. The molecule has 0 aliphatic carbocycles. The lowest BCUT2D eigenvalue weighted by Crippen LogP contribution is -2.42. The van der Waals surface area contributed by atoms with Gasteiger partial charge in [-0.3, -0.25) is 9.59 Å². The second-order valence-corrected chi connectivity index (χ2v) is 10.4. The molecular formula is C21H26BrNO5S. The summed E-state index contributed by atoms with van der Waals surface area (Å²) >= 11 is 2.14. The van der Waals surface area contributed by atoms with Gasteiger partial charge in [0, 0.05) is 22.3 Å². The minimum Gasteiger partial charge on any atom is -0.598 e. The van der Waals surface area contributed by atoms with E-state index >= 15 is 0 Å². The third kappa shape index (κ3) is 6.18. The van der Waals surface area contributed by atoms with E-state index in [-0.39, 0.29) is 18.6 Å². The number of carbonyl (C=O) groups is 2. The van der Waals surface area contributed by atoms with Crippen LogP contribution in [0.4, 0.5) is 0 Å². The van der Waals surface area contributed by atoms with Gasteiger partial charge in [-0.1, -0.05) is 22.0 Å². The Labute approximate surface area is 182 Å². The maximum absolute atomic E-state index is 12.8. The van der Waals surface area contributed by atoms with Crippen molar-refractivity contribution in [3.63, 3.8) is 0 Å². The van der Waals surface area contributed by atoms with Crippen LogP contribution in [0.5, 0.6) is 5.75 Å². The van der Waals surface area contributed by atoms with Gasteiger partial charge in [0.1, 0.15) is 22.7 Å². The monoisotopic (exact) mass is 483 g/mol. The Balaban J connectivity index is 2.50. The summed E-state index contributed by atoms with van der Waals surface area (Å²) in [7, 11) is 2.83. The molecule has 0 bridgehead atoms. The fraction of sp³-hybridized carbons (Fsp3) is 0.429. The van der Waals surface area contributed by atoms with Crippen LogP contribution >= 0.6 is 15.9 Å². The number of Topliss-reactive ketones (excluding diaryl/α,β-unsaturated/α-hetero) is 1. The number of nitrogens with one attached hydrogen (secondary N) is 1. The zero-order valence-corrected chi connectivity index (χ0v) is 19.6. The van der Waals surface area contributed by atoms with E-state index in [9.17, 15) is 14.1 Å². The number of benzene rings is 2. The number of fused-ring (bicyclic) bond motifs is 1. The summed E-state index contributed by atoms with van der Waals surface area (Å²) < 4.78 is 26.2. The first kappa shape index (κ1) is 23.7. The molecule has 8 heteroatoms. The van der Waals surface area contributed by atoms with Crippen LogP contribution in [-0.4, -0.2) is 35.3 Å². The molecule has 1 unspecified atom stereocenters. The Kier molecular flexibility index (Phi) is 8.10. The fourth-order valence-corrected chi connectivity index (χ4v) is 4.10. The highest BCUT2D eigenvalue weighted by atomic mass is 79.9. The SMILES string of the molecule is COC(=O)CC(=O)C[C@H](N[S+]([O-])C(C)(C)C)c1ccc(Br)c2ccc(OC)cc12. The molecule has 2 rings (SSSR count). The topological polar surface area (TPSA) is 87.7 Å². The molecule has 158 valence electrons. The van der Waals surface area contributed by atoms with Gasteiger partial charge in [0.25, 0.3) is 0 Å². The van der Waals surface area contributed by atoms with Gasteiger partial charge < -0.3 is 14.0 Å². The molecule has 2 atom stereocenters. The molecule has 0 saturated carbocycles. The second kappa shape index (κ2) is 9.93. The standard InChI is InChI=1S/C21H26BrNO5S/c1-21(2,3)29(26)23-19(10-13(24)11-20(25)28-5)16-8-9-18(22)15-7-6-14(27-4)12-17(15)16/h6-9,12,19,23H,10-11H2,1-5H3/t19-,29?/m0/s1. The Hall–Kier alpha value is -1.61. The van der Waals surface area contributed by atoms with E-state index in [1.807, 2.05) is 51.1 Å². The average molecular weight is 484 g/mol. The number of ether oxygens (including phenoxy) is 2. The van der Waals surface area contributed by atoms with Gasteiger partial charge >= 0.3 is 5.97 Å². The van der Waals surface area contributed by atoms with Crippen molar-refractivity contribution in [2.45, 2.75) is 44.4 Å². The van der Waals surface area contributed by atoms with E-state index in [1.165, 1.54) is 7.11 Å². The number of carbonyl (C=O) groups excluding carboxylic acids is 2. The molecule has 0 aliphatic heterocycles. The first-order valence-electron chi connectivity index (χ1n) is 9.09. The molecule has 0 saturated heterocycles. The number of halogens is 1. The Bertz CT molecular complexity index is 897. The Morgan fingerprint density at radius 3 is 2.45 bits per heavy atom. The maximum Gasteiger partial charge on any atom is 0.313 e. The van der Waals surface area contributed by atoms with Gasteiger partial charge in [-0.05, 0) is 61.4 Å². The van der Waals surface area contributed by atoms with Crippen LogP contribution in [-0.2, 0) is 25.7 Å². The van der Waals surface area contributed by atoms with Crippen molar-refractivity contribution in [2.24, 2.45) is 0 Å². The Morgan fingerprint density at radius 2 is 1.86 bits per heavy atom. The molecule has 0 aromatic heterocycles. The minimum atomic E-state index is -1.42. The van der Waals surface area contributed by atoms with Crippen LogP contribution in [0.15, 0.2) is 34.8 Å². The minimum absolute atomic E-state index is 0.00482. The number of methoxy groups -OCH3 is 2. The summed E-state index contributed by atoms with van der Waals surface area (Å²) in [5.74, 6) is -0.208. The zero-order valence-electron chi connectivity index (χ0n) is 17.2. The molecular weight excluding hydrogens is 458 g/mol. The summed E-state index contributed by atoms with van der Waals surface area (Å²) in [5, 5.41) is 1.81. The molecule has 6 nitrogen and oxygen atoms in total. The van der Waals surface area contributed by atoms with Crippen LogP contribution in [0.1, 0.15) is 45.2 Å². The van der Waals surface area contributed by atoms with Crippen LogP contribution in [0, 0.1) is 0 Å². The van der Waals surface area contributed by atoms with Gasteiger partial charge in [-0.2, -0.15) is 0 Å². The molecule has 0 radical (unpaired) electrons. The Morgan fingerprint density at radius 1 is 1.17 bits per heavy atom. The first-order chi connectivity index (χ1) is 13.6. The first-order valence-corrected chi connectivity index (χ1v) is 11.0. The number of hydrogen-bond donors (Lipinski definition) is 1. The van der Waals surface area contributed by atoms with E-state index in [0.717, 1.165) is 20.8 Å². The van der Waals surface area contributed by atoms with Gasteiger partial charge in [0.15, 0.2) is 0 Å². The van der Waals surface area contributed by atoms with Crippen LogP contribution < -0.4 is 9.46 Å². The van der Waals surface area contributed by atoms with Gasteiger partial charge in [0.05, 0.1) is 20.3 Å². The van der Waals surface area contributed by atoms with Crippen molar-refractivity contribution >= 4 is 49.8 Å². The van der Waals surface area contributed by atoms with Crippen molar-refractivity contribution in [3.05, 3.63) is 40.4 Å². The average Bonchev–Trinajstić information content (AvgIpc) is 2.66. The van der Waals surface area contributed by atoms with Gasteiger partial charge in [0.2, 0.25) is 0 Å². The normalized spacial score (nSPS) is 13.8. The van der Waals surface area contributed by atoms with Crippen molar-refractivity contribution in [3.8, 4) is 5.75 Å². The summed E-state index contributed by atoms with van der Waals surface area (Å²) in [5.41, 5.74) is 0.804. The van der Waals surface area contributed by atoms with E-state index < -0.39 is 28.1 Å². The lowest BCUT2D eigenvalue weighted by atomic mass is 9.95. The molecule has 0 fully saturated rings. The van der Waals surface area contributed by atoms with Crippen molar-refractivity contribution in [1.82, 2.24) is 4.72 Å². The number of ketones is 1. The highest BCUT2D eigenvalue weighted by molar-refractivity contribution is 9.10. The van der Waals surface area contributed by atoms with E-state index in [4.69, 9.17) is 4.74 Å². The quantitative estimate of drug-likeness (QED) is 0.343. The predicted molar refractivity (Wildman–Crippen MR) is 118 cm³/mol. The second-order valence-electron chi connectivity index (χ2n) is 7.60. The van der Waals surface area contributed by atoms with E-state index in [0.29, 0.717) is 5.75 Å². The highest BCUT2D eigenvalue weighted by Gasteiger charge is 2.32. The molecule has 29 heavy (non-hydrogen) atoms. The van der Waals surface area contributed by atoms with Crippen LogP contribution in [0.3, 0.4) is 0 Å².